The highest BCUT2D eigenvalue weighted by Crippen LogP contribution is 2.30. The van der Waals surface area contributed by atoms with Crippen LogP contribution in [0.15, 0.2) is 70.7 Å². The highest BCUT2D eigenvalue weighted by atomic mass is 79.9. The second-order valence-corrected chi connectivity index (χ2v) is 6.68. The van der Waals surface area contributed by atoms with E-state index in [9.17, 15) is 10.1 Å². The van der Waals surface area contributed by atoms with Crippen molar-refractivity contribution in [1.82, 2.24) is 0 Å². The summed E-state index contributed by atoms with van der Waals surface area (Å²) in [5.41, 5.74) is 1.35. The molecule has 0 aliphatic rings. The first kappa shape index (κ1) is 18.7. The van der Waals surface area contributed by atoms with E-state index in [1.165, 1.54) is 0 Å². The van der Waals surface area contributed by atoms with Gasteiger partial charge in [-0.3, -0.25) is 4.79 Å². The lowest BCUT2D eigenvalue weighted by molar-refractivity contribution is -0.112. The number of ether oxygens (including phenoxy) is 1. The molecule has 27 heavy (non-hydrogen) atoms. The Bertz CT molecular complexity index is 1050. The lowest BCUT2D eigenvalue weighted by Gasteiger charge is -2.11. The van der Waals surface area contributed by atoms with Crippen molar-refractivity contribution in [3.05, 3.63) is 76.3 Å². The van der Waals surface area contributed by atoms with E-state index < -0.39 is 5.91 Å². The Kier molecular flexibility index (Phi) is 5.90. The number of fused-ring (bicyclic) bond motifs is 1. The third kappa shape index (κ3) is 4.36. The van der Waals surface area contributed by atoms with Crippen molar-refractivity contribution in [2.24, 2.45) is 0 Å². The minimum atomic E-state index is -0.463. The molecule has 0 spiro atoms. The largest absolute Gasteiger partial charge is 0.493 e. The monoisotopic (exact) mass is 420 g/mol. The smallest absolute Gasteiger partial charge is 0.266 e. The van der Waals surface area contributed by atoms with E-state index >= 15 is 0 Å². The number of benzene rings is 3. The fraction of sp³-hybridized carbons (Fsp3) is 0.0909. The molecule has 3 aromatic carbocycles. The zero-order valence-electron chi connectivity index (χ0n) is 14.7. The molecule has 0 fully saturated rings. The molecule has 1 N–H and O–H groups in total. The van der Waals surface area contributed by atoms with Crippen LogP contribution in [0.25, 0.3) is 16.8 Å². The molecule has 3 rings (SSSR count). The Hall–Kier alpha value is -3.10. The van der Waals surface area contributed by atoms with Gasteiger partial charge in [-0.2, -0.15) is 5.26 Å². The maximum absolute atomic E-state index is 12.6. The Morgan fingerprint density at radius 2 is 1.89 bits per heavy atom. The molecule has 5 heteroatoms. The molecule has 0 radical (unpaired) electrons. The molecule has 0 heterocycles. The van der Waals surface area contributed by atoms with Crippen LogP contribution in [0, 0.1) is 11.3 Å². The number of nitriles is 1. The van der Waals surface area contributed by atoms with Crippen LogP contribution >= 0.6 is 15.9 Å². The minimum absolute atomic E-state index is 0.00947. The van der Waals surface area contributed by atoms with Crippen LogP contribution in [-0.2, 0) is 4.79 Å². The van der Waals surface area contributed by atoms with Gasteiger partial charge in [0.25, 0.3) is 5.91 Å². The first-order chi connectivity index (χ1) is 13.1. The zero-order valence-corrected chi connectivity index (χ0v) is 16.3. The number of halogens is 1. The fourth-order valence-electron chi connectivity index (χ4n) is 2.73. The Balaban J connectivity index is 2.02. The van der Waals surface area contributed by atoms with E-state index in [2.05, 4.69) is 21.2 Å². The van der Waals surface area contributed by atoms with E-state index in [1.807, 2.05) is 61.5 Å². The Morgan fingerprint density at radius 1 is 1.15 bits per heavy atom. The van der Waals surface area contributed by atoms with Gasteiger partial charge >= 0.3 is 0 Å². The van der Waals surface area contributed by atoms with Crippen molar-refractivity contribution in [1.29, 1.82) is 5.26 Å². The number of anilines is 1. The van der Waals surface area contributed by atoms with Gasteiger partial charge in [0.2, 0.25) is 0 Å². The number of nitrogens with zero attached hydrogens (tertiary/aromatic N) is 1. The third-order valence-electron chi connectivity index (χ3n) is 3.99. The Labute approximate surface area is 166 Å². The van der Waals surface area contributed by atoms with Crippen LogP contribution < -0.4 is 10.1 Å². The molecular weight excluding hydrogens is 404 g/mol. The molecule has 134 valence electrons. The average Bonchev–Trinajstić information content (AvgIpc) is 2.69. The minimum Gasteiger partial charge on any atom is -0.493 e. The molecule has 0 aromatic heterocycles. The van der Waals surface area contributed by atoms with Crippen LogP contribution in [0.4, 0.5) is 5.69 Å². The van der Waals surface area contributed by atoms with E-state index in [4.69, 9.17) is 4.74 Å². The molecule has 0 saturated heterocycles. The van der Waals surface area contributed by atoms with E-state index in [1.54, 1.807) is 18.2 Å². The molecule has 4 nitrogen and oxygen atoms in total. The molecule has 0 atom stereocenters. The van der Waals surface area contributed by atoms with Gasteiger partial charge in [0.05, 0.1) is 6.61 Å². The van der Waals surface area contributed by atoms with Gasteiger partial charge in [0.15, 0.2) is 0 Å². The van der Waals surface area contributed by atoms with E-state index in [0.717, 1.165) is 20.8 Å². The number of hydrogen-bond acceptors (Lipinski definition) is 3. The summed E-state index contributed by atoms with van der Waals surface area (Å²) in [7, 11) is 0. The summed E-state index contributed by atoms with van der Waals surface area (Å²) < 4.78 is 6.62. The second-order valence-electron chi connectivity index (χ2n) is 5.76. The summed E-state index contributed by atoms with van der Waals surface area (Å²) in [6, 6.07) is 20.8. The summed E-state index contributed by atoms with van der Waals surface area (Å²) in [5, 5.41) is 14.2. The first-order valence-corrected chi connectivity index (χ1v) is 9.25. The zero-order chi connectivity index (χ0) is 19.2. The lowest BCUT2D eigenvalue weighted by Crippen LogP contribution is -2.13. The van der Waals surface area contributed by atoms with Gasteiger partial charge in [0.1, 0.15) is 17.4 Å². The normalized spacial score (nSPS) is 11.1. The van der Waals surface area contributed by atoms with Crippen molar-refractivity contribution in [3.63, 3.8) is 0 Å². The molecule has 0 bridgehead atoms. The van der Waals surface area contributed by atoms with Gasteiger partial charge < -0.3 is 10.1 Å². The van der Waals surface area contributed by atoms with Gasteiger partial charge in [-0.15, -0.1) is 0 Å². The second kappa shape index (κ2) is 8.52. The summed E-state index contributed by atoms with van der Waals surface area (Å²) in [4.78, 5) is 12.6. The first-order valence-electron chi connectivity index (χ1n) is 8.45. The third-order valence-corrected chi connectivity index (χ3v) is 4.52. The van der Waals surface area contributed by atoms with Crippen molar-refractivity contribution in [3.8, 4) is 11.8 Å². The Morgan fingerprint density at radius 3 is 2.59 bits per heavy atom. The van der Waals surface area contributed by atoms with Crippen LogP contribution in [0.5, 0.6) is 5.75 Å². The molecule has 0 aliphatic heterocycles. The standard InChI is InChI=1S/C22H17BrN2O2/c1-2-27-21-12-7-15-5-3-4-6-19(15)20(21)13-16(14-24)22(26)25-18-10-8-17(23)9-11-18/h3-13H,2H2,1H3,(H,25,26)/b16-13-. The summed E-state index contributed by atoms with van der Waals surface area (Å²) in [5.74, 6) is 0.176. The van der Waals surface area contributed by atoms with Crippen molar-refractivity contribution in [2.45, 2.75) is 6.92 Å². The van der Waals surface area contributed by atoms with Crippen LogP contribution in [-0.4, -0.2) is 12.5 Å². The number of rotatable bonds is 5. The van der Waals surface area contributed by atoms with Crippen molar-refractivity contribution < 1.29 is 9.53 Å². The molecule has 0 saturated carbocycles. The van der Waals surface area contributed by atoms with Crippen molar-refractivity contribution in [2.75, 3.05) is 11.9 Å². The van der Waals surface area contributed by atoms with E-state index in [-0.39, 0.29) is 5.57 Å². The lowest BCUT2D eigenvalue weighted by atomic mass is 10.0. The number of amides is 1. The van der Waals surface area contributed by atoms with Crippen LogP contribution in [0.3, 0.4) is 0 Å². The van der Waals surface area contributed by atoms with Crippen molar-refractivity contribution >= 4 is 44.4 Å². The summed E-state index contributed by atoms with van der Waals surface area (Å²) >= 11 is 3.35. The topological polar surface area (TPSA) is 62.1 Å². The van der Waals surface area contributed by atoms with Gasteiger partial charge in [-0.1, -0.05) is 46.3 Å². The molecule has 3 aromatic rings. The molecule has 1 amide bonds. The predicted molar refractivity (Wildman–Crippen MR) is 111 cm³/mol. The van der Waals surface area contributed by atoms with Gasteiger partial charge in [-0.05, 0) is 54.1 Å². The predicted octanol–water partition coefficient (Wildman–Crippen LogP) is 5.55. The fourth-order valence-corrected chi connectivity index (χ4v) is 2.99. The summed E-state index contributed by atoms with van der Waals surface area (Å²) in [6.07, 6.45) is 1.58. The maximum atomic E-state index is 12.6. The van der Waals surface area contributed by atoms with Gasteiger partial charge in [-0.25, -0.2) is 0 Å². The van der Waals surface area contributed by atoms with Gasteiger partial charge in [0, 0.05) is 15.7 Å². The number of nitrogens with one attached hydrogen (secondary N) is 1. The SMILES string of the molecule is CCOc1ccc2ccccc2c1/C=C(/C#N)C(=O)Nc1ccc(Br)cc1. The molecule has 0 unspecified atom stereocenters. The maximum Gasteiger partial charge on any atom is 0.266 e. The summed E-state index contributed by atoms with van der Waals surface area (Å²) in [6.45, 7) is 2.39. The average molecular weight is 421 g/mol. The molecule has 0 aliphatic carbocycles. The van der Waals surface area contributed by atoms with Crippen LogP contribution in [0.2, 0.25) is 0 Å². The van der Waals surface area contributed by atoms with E-state index in [0.29, 0.717) is 18.0 Å². The number of hydrogen-bond donors (Lipinski definition) is 1. The highest BCUT2D eigenvalue weighted by molar-refractivity contribution is 9.10. The molecular formula is C22H17BrN2O2. The number of carbonyl (C=O) groups excluding carboxylic acids is 1. The highest BCUT2D eigenvalue weighted by Gasteiger charge is 2.13. The quantitative estimate of drug-likeness (QED) is 0.434. The van der Waals surface area contributed by atoms with Crippen LogP contribution in [0.1, 0.15) is 12.5 Å². The number of carbonyl (C=O) groups is 1.